The third-order valence-electron chi connectivity index (χ3n) is 4.64. The first kappa shape index (κ1) is 21.5. The van der Waals surface area contributed by atoms with Gasteiger partial charge in [-0.05, 0) is 31.2 Å². The summed E-state index contributed by atoms with van der Waals surface area (Å²) in [5.41, 5.74) is 1.09. The molecule has 0 aromatic heterocycles. The number of aliphatic hydroxyl groups excluding tert-OH is 1. The Morgan fingerprint density at radius 1 is 1.30 bits per heavy atom. The molecule has 1 aromatic rings. The number of nitrogens with two attached hydrogens (primary N) is 1. The van der Waals surface area contributed by atoms with Crippen LogP contribution in [0.2, 0.25) is 0 Å². The van der Waals surface area contributed by atoms with Crippen molar-refractivity contribution in [3.8, 4) is 0 Å². The van der Waals surface area contributed by atoms with Gasteiger partial charge in [-0.3, -0.25) is 9.93 Å². The van der Waals surface area contributed by atoms with E-state index in [1.165, 1.54) is 0 Å². The molecule has 148 valence electrons. The first-order valence-electron chi connectivity index (χ1n) is 9.54. The minimum Gasteiger partial charge on any atom is -0.389 e. The maximum Gasteiger partial charge on any atom is 0.223 e. The predicted molar refractivity (Wildman–Crippen MR) is 110 cm³/mol. The first-order valence-corrected chi connectivity index (χ1v) is 10.9. The molecular weight excluding hydrogens is 360 g/mol. The summed E-state index contributed by atoms with van der Waals surface area (Å²) in [5.74, 6) is 0.652. The van der Waals surface area contributed by atoms with Crippen molar-refractivity contribution < 1.29 is 14.1 Å². The Balaban J connectivity index is 1.85. The number of aliphatic hydroxyl groups is 1. The van der Waals surface area contributed by atoms with Crippen molar-refractivity contribution in [1.29, 1.82) is 0 Å². The van der Waals surface area contributed by atoms with Crippen molar-refractivity contribution in [2.45, 2.75) is 50.7 Å². The van der Waals surface area contributed by atoms with Gasteiger partial charge >= 0.3 is 0 Å². The van der Waals surface area contributed by atoms with Crippen LogP contribution in [-0.4, -0.2) is 44.6 Å². The largest absolute Gasteiger partial charge is 0.389 e. The predicted octanol–water partition coefficient (Wildman–Crippen LogP) is 2.49. The molecule has 1 saturated heterocycles. The van der Waals surface area contributed by atoms with Crippen LogP contribution in [0.5, 0.6) is 0 Å². The number of hydrogen-bond acceptors (Lipinski definition) is 3. The average molecular weight is 391 g/mol. The van der Waals surface area contributed by atoms with Crippen LogP contribution in [0.3, 0.4) is 0 Å². The van der Waals surface area contributed by atoms with Gasteiger partial charge in [0.15, 0.2) is 0 Å². The summed E-state index contributed by atoms with van der Waals surface area (Å²) in [5, 5.41) is 15.5. The molecule has 3 atom stereocenters. The quantitative estimate of drug-likeness (QED) is 0.475. The van der Waals surface area contributed by atoms with E-state index in [0.717, 1.165) is 31.2 Å². The smallest absolute Gasteiger partial charge is 0.223 e. The zero-order valence-corrected chi connectivity index (χ0v) is 16.5. The summed E-state index contributed by atoms with van der Waals surface area (Å²) in [6, 6.07) is 9.91. The van der Waals surface area contributed by atoms with E-state index >= 15 is 0 Å². The van der Waals surface area contributed by atoms with E-state index in [1.807, 2.05) is 59.5 Å². The molecule has 0 radical (unpaired) electrons. The standard InChI is InChI=1S/C21H30N2O3S/c22-27(26)16-7-2-1-6-15-23-19(11-8-12-21(23)25)13-14-20(24)17-18-9-4-3-5-10-18/h1,3-6,9-10,13-14,19-20,24H,2,7-8,11-12,15-17,22H2/t19-,20?,27?/m1/s1. The van der Waals surface area contributed by atoms with Gasteiger partial charge in [-0.2, -0.15) is 0 Å². The van der Waals surface area contributed by atoms with E-state index < -0.39 is 17.1 Å². The number of likely N-dealkylation sites (tertiary alicyclic amines) is 1. The number of unbranched alkanes of at least 4 members (excludes halogenated alkanes) is 1. The maximum atomic E-state index is 12.3. The van der Waals surface area contributed by atoms with Crippen molar-refractivity contribution in [3.63, 3.8) is 0 Å². The number of nitrogens with zero attached hydrogens (tertiary/aromatic N) is 1. The highest BCUT2D eigenvalue weighted by molar-refractivity contribution is 7.82. The molecule has 3 N–H and O–H groups in total. The van der Waals surface area contributed by atoms with Crippen molar-refractivity contribution >= 4 is 16.9 Å². The number of carbonyl (C=O) groups is 1. The van der Waals surface area contributed by atoms with Crippen molar-refractivity contribution in [2.24, 2.45) is 5.14 Å². The molecule has 1 aliphatic heterocycles. The van der Waals surface area contributed by atoms with Crippen LogP contribution >= 0.6 is 0 Å². The molecule has 1 amide bonds. The minimum atomic E-state index is -1.24. The molecule has 27 heavy (non-hydrogen) atoms. The van der Waals surface area contributed by atoms with Gasteiger partial charge in [0.25, 0.3) is 0 Å². The number of benzene rings is 1. The molecule has 0 saturated carbocycles. The van der Waals surface area contributed by atoms with Crippen LogP contribution < -0.4 is 5.14 Å². The van der Waals surface area contributed by atoms with E-state index in [4.69, 9.17) is 5.14 Å². The van der Waals surface area contributed by atoms with Gasteiger partial charge in [0, 0.05) is 25.1 Å². The third-order valence-corrected chi connectivity index (χ3v) is 5.33. The highest BCUT2D eigenvalue weighted by atomic mass is 32.2. The van der Waals surface area contributed by atoms with E-state index in [1.54, 1.807) is 0 Å². The average Bonchev–Trinajstić information content (AvgIpc) is 2.65. The van der Waals surface area contributed by atoms with Crippen LogP contribution in [-0.2, 0) is 22.2 Å². The fraction of sp³-hybridized carbons (Fsp3) is 0.476. The topological polar surface area (TPSA) is 83.6 Å². The number of hydrogen-bond donors (Lipinski definition) is 2. The Labute approximate surface area is 164 Å². The molecule has 5 nitrogen and oxygen atoms in total. The zero-order chi connectivity index (χ0) is 19.5. The molecule has 1 fully saturated rings. The summed E-state index contributed by atoms with van der Waals surface area (Å²) in [6.45, 7) is 0.564. The van der Waals surface area contributed by atoms with Crippen molar-refractivity contribution in [2.75, 3.05) is 12.3 Å². The number of rotatable bonds is 10. The number of allylic oxidation sites excluding steroid dienone is 1. The Kier molecular flexibility index (Phi) is 9.45. The van der Waals surface area contributed by atoms with Gasteiger partial charge in [-0.1, -0.05) is 54.6 Å². The number of carbonyl (C=O) groups excluding carboxylic acids is 1. The van der Waals surface area contributed by atoms with Crippen molar-refractivity contribution in [1.82, 2.24) is 4.90 Å². The van der Waals surface area contributed by atoms with E-state index in [-0.39, 0.29) is 11.9 Å². The lowest BCUT2D eigenvalue weighted by atomic mass is 9.99. The molecular formula is C21H30N2O3S. The molecule has 6 heteroatoms. The second-order valence-electron chi connectivity index (χ2n) is 6.85. The Hall–Kier alpha value is -1.76. The van der Waals surface area contributed by atoms with Gasteiger partial charge in [0.05, 0.1) is 23.1 Å². The highest BCUT2D eigenvalue weighted by Crippen LogP contribution is 2.20. The number of amides is 1. The lowest BCUT2D eigenvalue weighted by Gasteiger charge is -2.33. The van der Waals surface area contributed by atoms with Crippen LogP contribution in [0.4, 0.5) is 0 Å². The van der Waals surface area contributed by atoms with Crippen LogP contribution in [0, 0.1) is 0 Å². The van der Waals surface area contributed by atoms with Gasteiger partial charge in [-0.15, -0.1) is 0 Å². The second kappa shape index (κ2) is 11.8. The summed E-state index contributed by atoms with van der Waals surface area (Å²) in [4.78, 5) is 14.2. The Morgan fingerprint density at radius 3 is 2.81 bits per heavy atom. The Morgan fingerprint density at radius 2 is 2.07 bits per heavy atom. The molecule has 0 bridgehead atoms. The van der Waals surface area contributed by atoms with Crippen LogP contribution in [0.25, 0.3) is 0 Å². The second-order valence-corrected chi connectivity index (χ2v) is 8.02. The number of piperidine rings is 1. The summed E-state index contributed by atoms with van der Waals surface area (Å²) in [6.07, 6.45) is 11.8. The van der Waals surface area contributed by atoms with Gasteiger partial charge in [0.1, 0.15) is 0 Å². The van der Waals surface area contributed by atoms with Gasteiger partial charge in [0.2, 0.25) is 5.91 Å². The Bertz CT molecular complexity index is 661. The molecule has 0 aliphatic carbocycles. The summed E-state index contributed by atoms with van der Waals surface area (Å²) in [7, 11) is -1.24. The maximum absolute atomic E-state index is 12.3. The van der Waals surface area contributed by atoms with Crippen LogP contribution in [0.1, 0.15) is 37.7 Å². The monoisotopic (exact) mass is 390 g/mol. The zero-order valence-electron chi connectivity index (χ0n) is 15.7. The fourth-order valence-corrected chi connectivity index (χ4v) is 3.66. The molecule has 2 unspecified atom stereocenters. The van der Waals surface area contributed by atoms with Crippen molar-refractivity contribution in [3.05, 3.63) is 60.2 Å². The molecule has 1 aliphatic rings. The third kappa shape index (κ3) is 8.20. The molecule has 1 aromatic carbocycles. The molecule has 1 heterocycles. The fourth-order valence-electron chi connectivity index (χ4n) is 3.21. The summed E-state index contributed by atoms with van der Waals surface area (Å²) >= 11 is 0. The lowest BCUT2D eigenvalue weighted by Crippen LogP contribution is -2.42. The van der Waals surface area contributed by atoms with E-state index in [0.29, 0.717) is 25.1 Å². The van der Waals surface area contributed by atoms with Crippen LogP contribution in [0.15, 0.2) is 54.6 Å². The summed E-state index contributed by atoms with van der Waals surface area (Å²) < 4.78 is 10.8. The normalized spacial score (nSPS) is 20.4. The van der Waals surface area contributed by atoms with Gasteiger partial charge in [-0.25, -0.2) is 4.21 Å². The molecule has 0 spiro atoms. The van der Waals surface area contributed by atoms with E-state index in [9.17, 15) is 14.1 Å². The SMILES string of the molecule is NS(=O)CCCC=CCN1C(=O)CCC[C@@H]1C=CC(O)Cc1ccccc1. The lowest BCUT2D eigenvalue weighted by molar-refractivity contribution is -0.134. The van der Waals surface area contributed by atoms with Gasteiger partial charge < -0.3 is 10.0 Å². The molecule has 2 rings (SSSR count). The minimum absolute atomic E-state index is 0.0258. The first-order chi connectivity index (χ1) is 13.1. The van der Waals surface area contributed by atoms with E-state index in [2.05, 4.69) is 0 Å². The highest BCUT2D eigenvalue weighted by Gasteiger charge is 2.25.